The molecule has 1 aromatic carbocycles. The van der Waals surface area contributed by atoms with E-state index >= 15 is 0 Å². The van der Waals surface area contributed by atoms with Crippen molar-refractivity contribution in [1.82, 2.24) is 5.32 Å². The molecule has 1 amide bonds. The summed E-state index contributed by atoms with van der Waals surface area (Å²) in [5.41, 5.74) is -0.916. The lowest BCUT2D eigenvalue weighted by Crippen LogP contribution is -2.48. The Hall–Kier alpha value is -2.60. The third-order valence-corrected chi connectivity index (χ3v) is 4.39. The number of nitrogens with one attached hydrogen (secondary N) is 2. The molecular weight excluding hydrogens is 346 g/mol. The molecule has 0 aromatic heterocycles. The Labute approximate surface area is 146 Å². The molecular formula is C16H19N3O5S. The predicted octanol–water partition coefficient (Wildman–Crippen LogP) is 1.02. The summed E-state index contributed by atoms with van der Waals surface area (Å²) in [7, 11) is -3.57. The standard InChI is InChI=1S/C16H19N3O5S/c1-16(10-17,11-7-8-11)18-14(20)9-24-15(21)12-5-3-4-6-13(12)19-25(2,22)23/h3-6,11,19H,7-9H2,1-2H3,(H,18,20)/t16-/m0/s1. The molecule has 1 aliphatic rings. The number of rotatable bonds is 7. The number of sulfonamides is 1. The molecule has 1 fully saturated rings. The first-order valence-corrected chi connectivity index (χ1v) is 9.50. The average Bonchev–Trinajstić information content (AvgIpc) is 3.37. The maximum Gasteiger partial charge on any atom is 0.340 e. The van der Waals surface area contributed by atoms with Gasteiger partial charge in [-0.05, 0) is 37.8 Å². The largest absolute Gasteiger partial charge is 0.452 e. The van der Waals surface area contributed by atoms with Crippen molar-refractivity contribution in [1.29, 1.82) is 5.26 Å². The number of amides is 1. The number of carbonyl (C=O) groups excluding carboxylic acids is 2. The number of ether oxygens (including phenoxy) is 1. The second kappa shape index (κ2) is 7.11. The highest BCUT2D eigenvalue weighted by atomic mass is 32.2. The lowest BCUT2D eigenvalue weighted by molar-refractivity contribution is -0.125. The normalized spacial score (nSPS) is 16.2. The molecule has 1 aromatic rings. The monoisotopic (exact) mass is 365 g/mol. The molecule has 1 atom stereocenters. The van der Waals surface area contributed by atoms with Gasteiger partial charge in [-0.3, -0.25) is 9.52 Å². The minimum Gasteiger partial charge on any atom is -0.452 e. The number of hydrogen-bond acceptors (Lipinski definition) is 6. The maximum atomic E-state index is 12.1. The fourth-order valence-corrected chi connectivity index (χ4v) is 2.94. The lowest BCUT2D eigenvalue weighted by Gasteiger charge is -2.22. The summed E-state index contributed by atoms with van der Waals surface area (Å²) in [5.74, 6) is -1.32. The van der Waals surface area contributed by atoms with Crippen LogP contribution in [0.5, 0.6) is 0 Å². The summed E-state index contributed by atoms with van der Waals surface area (Å²) >= 11 is 0. The quantitative estimate of drug-likeness (QED) is 0.695. The van der Waals surface area contributed by atoms with Crippen molar-refractivity contribution >= 4 is 27.6 Å². The number of benzene rings is 1. The summed E-state index contributed by atoms with van der Waals surface area (Å²) < 4.78 is 29.8. The van der Waals surface area contributed by atoms with Crippen molar-refractivity contribution in [3.63, 3.8) is 0 Å². The number of esters is 1. The van der Waals surface area contributed by atoms with Gasteiger partial charge in [-0.2, -0.15) is 5.26 Å². The number of hydrogen-bond donors (Lipinski definition) is 2. The van der Waals surface area contributed by atoms with E-state index in [1.807, 2.05) is 0 Å². The zero-order valence-corrected chi connectivity index (χ0v) is 14.7. The van der Waals surface area contributed by atoms with E-state index in [-0.39, 0.29) is 17.2 Å². The Morgan fingerprint density at radius 1 is 1.36 bits per heavy atom. The van der Waals surface area contributed by atoms with Crippen LogP contribution in [0.1, 0.15) is 30.1 Å². The second-order valence-electron chi connectivity index (χ2n) is 6.13. The first kappa shape index (κ1) is 18.7. The Bertz CT molecular complexity index is 826. The average molecular weight is 365 g/mol. The summed E-state index contributed by atoms with van der Waals surface area (Å²) in [6.07, 6.45) is 2.70. The van der Waals surface area contributed by atoms with Crippen molar-refractivity contribution < 1.29 is 22.7 Å². The van der Waals surface area contributed by atoms with Gasteiger partial charge in [-0.25, -0.2) is 13.2 Å². The van der Waals surface area contributed by atoms with Gasteiger partial charge >= 0.3 is 5.97 Å². The van der Waals surface area contributed by atoms with Crippen molar-refractivity contribution in [2.24, 2.45) is 5.92 Å². The fraction of sp³-hybridized carbons (Fsp3) is 0.438. The molecule has 2 N–H and O–H groups in total. The van der Waals surface area contributed by atoms with Gasteiger partial charge in [0.25, 0.3) is 5.91 Å². The summed E-state index contributed by atoms with van der Waals surface area (Å²) in [6, 6.07) is 7.98. The van der Waals surface area contributed by atoms with Crippen molar-refractivity contribution in [2.75, 3.05) is 17.6 Å². The second-order valence-corrected chi connectivity index (χ2v) is 7.88. The molecule has 134 valence electrons. The van der Waals surface area contributed by atoms with Crippen LogP contribution in [0.3, 0.4) is 0 Å². The number of nitriles is 1. The number of para-hydroxylation sites is 1. The van der Waals surface area contributed by atoms with Gasteiger partial charge in [0.15, 0.2) is 6.61 Å². The van der Waals surface area contributed by atoms with E-state index in [2.05, 4.69) is 16.1 Å². The first-order chi connectivity index (χ1) is 11.6. The van der Waals surface area contributed by atoms with Crippen LogP contribution in [-0.2, 0) is 19.6 Å². The Kier molecular flexibility index (Phi) is 5.33. The summed E-state index contributed by atoms with van der Waals surface area (Å²) in [4.78, 5) is 24.1. The molecule has 1 saturated carbocycles. The van der Waals surface area contributed by atoms with E-state index in [1.54, 1.807) is 19.1 Å². The highest BCUT2D eigenvalue weighted by Crippen LogP contribution is 2.39. The van der Waals surface area contributed by atoms with Gasteiger partial charge in [-0.1, -0.05) is 12.1 Å². The maximum absolute atomic E-state index is 12.1. The fourth-order valence-electron chi connectivity index (χ4n) is 2.37. The van der Waals surface area contributed by atoms with Gasteiger partial charge in [0.2, 0.25) is 10.0 Å². The summed E-state index contributed by atoms with van der Waals surface area (Å²) in [5, 5.41) is 11.8. The molecule has 0 heterocycles. The molecule has 0 aliphatic heterocycles. The Morgan fingerprint density at radius 3 is 2.56 bits per heavy atom. The minimum atomic E-state index is -3.57. The van der Waals surface area contributed by atoms with Crippen LogP contribution >= 0.6 is 0 Å². The lowest BCUT2D eigenvalue weighted by atomic mass is 9.98. The summed E-state index contributed by atoms with van der Waals surface area (Å²) in [6.45, 7) is 1.08. The number of anilines is 1. The van der Waals surface area contributed by atoms with E-state index < -0.39 is 34.0 Å². The van der Waals surface area contributed by atoms with Crippen LogP contribution in [0.2, 0.25) is 0 Å². The van der Waals surface area contributed by atoms with E-state index in [4.69, 9.17) is 4.74 Å². The molecule has 8 nitrogen and oxygen atoms in total. The van der Waals surface area contributed by atoms with E-state index in [0.29, 0.717) is 0 Å². The van der Waals surface area contributed by atoms with Crippen LogP contribution < -0.4 is 10.0 Å². The van der Waals surface area contributed by atoms with Crippen LogP contribution in [0.15, 0.2) is 24.3 Å². The topological polar surface area (TPSA) is 125 Å². The zero-order chi connectivity index (χ0) is 18.7. The Balaban J connectivity index is 1.99. The molecule has 0 bridgehead atoms. The molecule has 2 rings (SSSR count). The van der Waals surface area contributed by atoms with Gasteiger partial charge in [0.05, 0.1) is 23.6 Å². The highest BCUT2D eigenvalue weighted by molar-refractivity contribution is 7.92. The van der Waals surface area contributed by atoms with E-state index in [1.165, 1.54) is 12.1 Å². The predicted molar refractivity (Wildman–Crippen MR) is 90.1 cm³/mol. The van der Waals surface area contributed by atoms with Gasteiger partial charge < -0.3 is 10.1 Å². The zero-order valence-electron chi connectivity index (χ0n) is 13.9. The molecule has 0 radical (unpaired) electrons. The Morgan fingerprint density at radius 2 is 2.00 bits per heavy atom. The number of carbonyl (C=O) groups is 2. The third-order valence-electron chi connectivity index (χ3n) is 3.80. The first-order valence-electron chi connectivity index (χ1n) is 7.61. The van der Waals surface area contributed by atoms with Gasteiger partial charge in [-0.15, -0.1) is 0 Å². The molecule has 0 spiro atoms. The van der Waals surface area contributed by atoms with Crippen LogP contribution in [0, 0.1) is 17.2 Å². The van der Waals surface area contributed by atoms with Crippen LogP contribution in [0.25, 0.3) is 0 Å². The van der Waals surface area contributed by atoms with Crippen molar-refractivity contribution in [3.05, 3.63) is 29.8 Å². The molecule has 25 heavy (non-hydrogen) atoms. The van der Waals surface area contributed by atoms with Crippen LogP contribution in [-0.4, -0.2) is 38.7 Å². The molecule has 0 saturated heterocycles. The minimum absolute atomic E-state index is 0.00837. The number of nitrogens with zero attached hydrogens (tertiary/aromatic N) is 1. The smallest absolute Gasteiger partial charge is 0.340 e. The van der Waals surface area contributed by atoms with E-state index in [0.717, 1.165) is 19.1 Å². The van der Waals surface area contributed by atoms with Crippen molar-refractivity contribution in [3.8, 4) is 6.07 Å². The molecule has 9 heteroatoms. The van der Waals surface area contributed by atoms with Crippen LogP contribution in [0.4, 0.5) is 5.69 Å². The highest BCUT2D eigenvalue weighted by Gasteiger charge is 2.43. The SMILES string of the molecule is C[C@@](C#N)(NC(=O)COC(=O)c1ccccc1NS(C)(=O)=O)C1CC1. The van der Waals surface area contributed by atoms with Gasteiger partial charge in [0, 0.05) is 0 Å². The van der Waals surface area contributed by atoms with Gasteiger partial charge in [0.1, 0.15) is 5.54 Å². The molecule has 1 aliphatic carbocycles. The van der Waals surface area contributed by atoms with E-state index in [9.17, 15) is 23.3 Å². The van der Waals surface area contributed by atoms with Crippen molar-refractivity contribution in [2.45, 2.75) is 25.3 Å². The molecule has 0 unspecified atom stereocenters. The third kappa shape index (κ3) is 5.19.